The molecule has 0 aliphatic carbocycles. The Morgan fingerprint density at radius 2 is 1.94 bits per heavy atom. The maximum absolute atomic E-state index is 13.8. The van der Waals surface area contributed by atoms with Crippen LogP contribution in [0.15, 0.2) is 72.1 Å². The molecule has 2 heterocycles. The van der Waals surface area contributed by atoms with Crippen LogP contribution in [0, 0.1) is 11.6 Å². The van der Waals surface area contributed by atoms with E-state index < -0.39 is 17.5 Å². The third-order valence-corrected chi connectivity index (χ3v) is 5.43. The molecule has 0 saturated carbocycles. The van der Waals surface area contributed by atoms with E-state index in [4.69, 9.17) is 4.74 Å². The number of carbonyl (C=O) groups is 1. The van der Waals surface area contributed by atoms with E-state index in [1.807, 2.05) is 41.8 Å². The van der Waals surface area contributed by atoms with Crippen molar-refractivity contribution >= 4 is 23.4 Å². The van der Waals surface area contributed by atoms with Crippen molar-refractivity contribution in [1.82, 2.24) is 19.7 Å². The predicted octanol–water partition coefficient (Wildman–Crippen LogP) is 4.74. The molecule has 168 valence electrons. The molecule has 4 aromatic rings. The van der Waals surface area contributed by atoms with Gasteiger partial charge in [-0.3, -0.25) is 14.3 Å². The third kappa shape index (κ3) is 5.35. The van der Waals surface area contributed by atoms with Crippen molar-refractivity contribution in [3.63, 3.8) is 0 Å². The number of aromatic nitrogens is 4. The zero-order valence-corrected chi connectivity index (χ0v) is 18.4. The fourth-order valence-electron chi connectivity index (χ4n) is 3.04. The first-order chi connectivity index (χ1) is 16.0. The average Bonchev–Trinajstić information content (AvgIpc) is 3.25. The van der Waals surface area contributed by atoms with Crippen LogP contribution in [-0.2, 0) is 4.79 Å². The smallest absolute Gasteiger partial charge is 0.234 e. The van der Waals surface area contributed by atoms with Gasteiger partial charge in [0.15, 0.2) is 11.0 Å². The molecule has 7 nitrogen and oxygen atoms in total. The van der Waals surface area contributed by atoms with E-state index in [1.54, 1.807) is 18.5 Å². The summed E-state index contributed by atoms with van der Waals surface area (Å²) < 4.78 is 34.2. The molecule has 10 heteroatoms. The minimum absolute atomic E-state index is 0.0565. The molecule has 4 rings (SSSR count). The lowest BCUT2D eigenvalue weighted by Crippen LogP contribution is -2.15. The minimum Gasteiger partial charge on any atom is -0.494 e. The fourth-order valence-corrected chi connectivity index (χ4v) is 3.80. The summed E-state index contributed by atoms with van der Waals surface area (Å²) in [7, 11) is 0. The van der Waals surface area contributed by atoms with Gasteiger partial charge >= 0.3 is 0 Å². The Bertz CT molecular complexity index is 1250. The van der Waals surface area contributed by atoms with Crippen LogP contribution in [0.3, 0.4) is 0 Å². The number of anilines is 1. The van der Waals surface area contributed by atoms with E-state index in [9.17, 15) is 13.6 Å². The summed E-state index contributed by atoms with van der Waals surface area (Å²) in [5.41, 5.74) is 1.43. The summed E-state index contributed by atoms with van der Waals surface area (Å²) in [5, 5.41) is 11.5. The first-order valence-electron chi connectivity index (χ1n) is 10.0. The molecule has 33 heavy (non-hydrogen) atoms. The number of hydrogen-bond acceptors (Lipinski definition) is 6. The van der Waals surface area contributed by atoms with E-state index in [2.05, 4.69) is 20.5 Å². The van der Waals surface area contributed by atoms with Crippen LogP contribution in [0.5, 0.6) is 5.75 Å². The largest absolute Gasteiger partial charge is 0.494 e. The van der Waals surface area contributed by atoms with Crippen LogP contribution >= 0.6 is 11.8 Å². The second-order valence-electron chi connectivity index (χ2n) is 6.77. The van der Waals surface area contributed by atoms with Crippen molar-refractivity contribution in [2.75, 3.05) is 17.7 Å². The van der Waals surface area contributed by atoms with Crippen LogP contribution in [-0.4, -0.2) is 38.0 Å². The Morgan fingerprint density at radius 3 is 2.64 bits per heavy atom. The highest BCUT2D eigenvalue weighted by molar-refractivity contribution is 7.99. The molecule has 0 atom stereocenters. The van der Waals surface area contributed by atoms with E-state index in [0.717, 1.165) is 34.8 Å². The van der Waals surface area contributed by atoms with Gasteiger partial charge in [-0.05, 0) is 55.5 Å². The summed E-state index contributed by atoms with van der Waals surface area (Å²) in [4.78, 5) is 16.5. The highest BCUT2D eigenvalue weighted by Crippen LogP contribution is 2.29. The van der Waals surface area contributed by atoms with Crippen LogP contribution in [0.2, 0.25) is 0 Å². The van der Waals surface area contributed by atoms with Crippen molar-refractivity contribution in [3.05, 3.63) is 78.6 Å². The van der Waals surface area contributed by atoms with Gasteiger partial charge in [-0.25, -0.2) is 8.78 Å². The number of pyridine rings is 1. The lowest BCUT2D eigenvalue weighted by atomic mass is 10.2. The molecule has 2 aromatic carbocycles. The van der Waals surface area contributed by atoms with Crippen LogP contribution in [0.25, 0.3) is 17.1 Å². The Hall–Kier alpha value is -3.79. The van der Waals surface area contributed by atoms with Gasteiger partial charge in [0.05, 0.1) is 18.0 Å². The van der Waals surface area contributed by atoms with E-state index >= 15 is 0 Å². The van der Waals surface area contributed by atoms with Crippen LogP contribution in [0.1, 0.15) is 6.92 Å². The molecule has 0 aliphatic heterocycles. The molecule has 0 saturated heterocycles. The molecule has 0 fully saturated rings. The highest BCUT2D eigenvalue weighted by Gasteiger charge is 2.18. The van der Waals surface area contributed by atoms with Gasteiger partial charge in [0, 0.05) is 29.7 Å². The first-order valence-corrected chi connectivity index (χ1v) is 11.0. The topological polar surface area (TPSA) is 81.9 Å². The monoisotopic (exact) mass is 467 g/mol. The molecule has 2 aromatic heterocycles. The zero-order valence-electron chi connectivity index (χ0n) is 17.5. The number of benzene rings is 2. The van der Waals surface area contributed by atoms with Crippen molar-refractivity contribution in [2.24, 2.45) is 0 Å². The van der Waals surface area contributed by atoms with Gasteiger partial charge in [-0.15, -0.1) is 10.2 Å². The summed E-state index contributed by atoms with van der Waals surface area (Å²) in [6.07, 6.45) is 3.34. The van der Waals surface area contributed by atoms with Gasteiger partial charge < -0.3 is 10.1 Å². The normalized spacial score (nSPS) is 10.8. The average molecular weight is 468 g/mol. The SMILES string of the molecule is CCOc1ccc(-n2c(SCC(=O)Nc3ccc(F)cc3F)nnc2-c2cccnc2)cc1. The van der Waals surface area contributed by atoms with Gasteiger partial charge in [-0.1, -0.05) is 11.8 Å². The number of thioether (sulfide) groups is 1. The lowest BCUT2D eigenvalue weighted by molar-refractivity contribution is -0.113. The van der Waals surface area contributed by atoms with Crippen molar-refractivity contribution < 1.29 is 18.3 Å². The summed E-state index contributed by atoms with van der Waals surface area (Å²) in [6.45, 7) is 2.46. The Labute approximate surface area is 192 Å². The molecule has 0 bridgehead atoms. The van der Waals surface area contributed by atoms with Crippen molar-refractivity contribution in [1.29, 1.82) is 0 Å². The molecule has 0 unspecified atom stereocenters. The zero-order chi connectivity index (χ0) is 23.2. The minimum atomic E-state index is -0.843. The summed E-state index contributed by atoms with van der Waals surface area (Å²) in [5.74, 6) is -0.795. The van der Waals surface area contributed by atoms with Crippen LogP contribution in [0.4, 0.5) is 14.5 Å². The molecule has 1 amide bonds. The number of nitrogens with zero attached hydrogens (tertiary/aromatic N) is 4. The maximum atomic E-state index is 13.8. The summed E-state index contributed by atoms with van der Waals surface area (Å²) >= 11 is 1.14. The fraction of sp³-hybridized carbons (Fsp3) is 0.130. The number of carbonyl (C=O) groups excluding carboxylic acids is 1. The quantitative estimate of drug-likeness (QED) is 0.377. The molecule has 0 aliphatic rings. The molecule has 1 N–H and O–H groups in total. The van der Waals surface area contributed by atoms with Gasteiger partial charge in [0.2, 0.25) is 5.91 Å². The number of hydrogen-bond donors (Lipinski definition) is 1. The number of amides is 1. The van der Waals surface area contributed by atoms with E-state index in [1.165, 1.54) is 6.07 Å². The standard InChI is InChI=1S/C23H19F2N5O2S/c1-2-32-18-8-6-17(7-9-18)30-22(15-4-3-11-26-13-15)28-29-23(30)33-14-21(31)27-20-10-5-16(24)12-19(20)25/h3-13H,2,14H2,1H3,(H,27,31). The first kappa shape index (κ1) is 22.4. The van der Waals surface area contributed by atoms with Crippen molar-refractivity contribution in [3.8, 4) is 22.8 Å². The van der Waals surface area contributed by atoms with Crippen LogP contribution < -0.4 is 10.1 Å². The third-order valence-electron chi connectivity index (χ3n) is 4.50. The van der Waals surface area contributed by atoms with Gasteiger partial charge in [0.1, 0.15) is 17.4 Å². The number of rotatable bonds is 8. The highest BCUT2D eigenvalue weighted by atomic mass is 32.2. The second-order valence-corrected chi connectivity index (χ2v) is 7.71. The molecular formula is C23H19F2N5O2S. The Morgan fingerprint density at radius 1 is 1.12 bits per heavy atom. The Kier molecular flexibility index (Phi) is 6.94. The Balaban J connectivity index is 1.58. The van der Waals surface area contributed by atoms with Crippen molar-refractivity contribution in [2.45, 2.75) is 12.1 Å². The molecule has 0 radical (unpaired) electrons. The summed E-state index contributed by atoms with van der Waals surface area (Å²) in [6, 6.07) is 14.0. The van der Waals surface area contributed by atoms with Gasteiger partial charge in [0.25, 0.3) is 0 Å². The second kappa shape index (κ2) is 10.2. The predicted molar refractivity (Wildman–Crippen MR) is 121 cm³/mol. The number of nitrogens with one attached hydrogen (secondary N) is 1. The van der Waals surface area contributed by atoms with Gasteiger partial charge in [-0.2, -0.15) is 0 Å². The molecular weight excluding hydrogens is 448 g/mol. The maximum Gasteiger partial charge on any atom is 0.234 e. The van der Waals surface area contributed by atoms with E-state index in [-0.39, 0.29) is 11.4 Å². The lowest BCUT2D eigenvalue weighted by Gasteiger charge is -2.11. The van der Waals surface area contributed by atoms with E-state index in [0.29, 0.717) is 23.7 Å². The molecule has 0 spiro atoms. The number of halogens is 2. The number of ether oxygens (including phenoxy) is 1.